The number of aromatic nitrogens is 2. The second-order valence-corrected chi connectivity index (χ2v) is 9.30. The van der Waals surface area contributed by atoms with Crippen molar-refractivity contribution in [2.45, 2.75) is 18.7 Å². The van der Waals surface area contributed by atoms with Crippen LogP contribution in [-0.4, -0.2) is 25.1 Å². The summed E-state index contributed by atoms with van der Waals surface area (Å²) in [5.41, 5.74) is 4.23. The van der Waals surface area contributed by atoms with E-state index in [1.54, 1.807) is 18.2 Å². The lowest BCUT2D eigenvalue weighted by Gasteiger charge is -2.21. The number of nitrogens with zero attached hydrogens (tertiary/aromatic N) is 4. The Balaban J connectivity index is 1.72. The van der Waals surface area contributed by atoms with Crippen LogP contribution in [0.5, 0.6) is 0 Å². The van der Waals surface area contributed by atoms with Gasteiger partial charge in [-0.3, -0.25) is 0 Å². The highest BCUT2D eigenvalue weighted by Crippen LogP contribution is 2.41. The van der Waals surface area contributed by atoms with Crippen molar-refractivity contribution in [3.63, 3.8) is 0 Å². The summed E-state index contributed by atoms with van der Waals surface area (Å²) in [6.45, 7) is 4.00. The smallest absolute Gasteiger partial charge is 0.267 e. The van der Waals surface area contributed by atoms with Crippen molar-refractivity contribution in [3.05, 3.63) is 83.9 Å². The van der Waals surface area contributed by atoms with Gasteiger partial charge in [-0.2, -0.15) is 0 Å². The Morgan fingerprint density at radius 2 is 1.40 bits per heavy atom. The van der Waals surface area contributed by atoms with Gasteiger partial charge in [-0.25, -0.2) is 22.7 Å². The SMILES string of the molecule is Cc1cccc(N2CN(S(=O)(=O)c3cccc(C)c3)c3nc4ccccc4nc32)c1. The predicted molar refractivity (Wildman–Crippen MR) is 119 cm³/mol. The molecular weight excluding hydrogens is 396 g/mol. The van der Waals surface area contributed by atoms with Crippen LogP contribution in [0.4, 0.5) is 17.3 Å². The summed E-state index contributed by atoms with van der Waals surface area (Å²) in [6, 6.07) is 22.4. The minimum atomic E-state index is -3.81. The van der Waals surface area contributed by atoms with Crippen molar-refractivity contribution < 1.29 is 8.42 Å². The summed E-state index contributed by atoms with van der Waals surface area (Å²) in [4.78, 5) is 11.6. The molecule has 7 heteroatoms. The zero-order valence-electron chi connectivity index (χ0n) is 16.6. The highest BCUT2D eigenvalue weighted by molar-refractivity contribution is 7.92. The van der Waals surface area contributed by atoms with Crippen LogP contribution in [0, 0.1) is 13.8 Å². The van der Waals surface area contributed by atoms with Gasteiger partial charge in [-0.15, -0.1) is 0 Å². The quantitative estimate of drug-likeness (QED) is 0.490. The van der Waals surface area contributed by atoms with E-state index >= 15 is 0 Å². The summed E-state index contributed by atoms with van der Waals surface area (Å²) in [6.07, 6.45) is 0. The summed E-state index contributed by atoms with van der Waals surface area (Å²) in [5.74, 6) is 0.882. The average Bonchev–Trinajstić information content (AvgIpc) is 3.11. The third kappa shape index (κ3) is 2.98. The highest BCUT2D eigenvalue weighted by Gasteiger charge is 2.38. The van der Waals surface area contributed by atoms with Crippen molar-refractivity contribution in [3.8, 4) is 0 Å². The maximum Gasteiger partial charge on any atom is 0.267 e. The van der Waals surface area contributed by atoms with E-state index in [2.05, 4.69) is 0 Å². The lowest BCUT2D eigenvalue weighted by molar-refractivity contribution is 0.592. The molecule has 3 aromatic carbocycles. The molecule has 2 heterocycles. The van der Waals surface area contributed by atoms with Gasteiger partial charge in [0.2, 0.25) is 0 Å². The van der Waals surface area contributed by atoms with Crippen molar-refractivity contribution in [2.24, 2.45) is 0 Å². The van der Waals surface area contributed by atoms with E-state index in [0.29, 0.717) is 17.2 Å². The number of hydrogen-bond donors (Lipinski definition) is 0. The van der Waals surface area contributed by atoms with Crippen molar-refractivity contribution in [2.75, 3.05) is 15.9 Å². The summed E-state index contributed by atoms with van der Waals surface area (Å²) in [7, 11) is -3.81. The number of fused-ring (bicyclic) bond motifs is 2. The van der Waals surface area contributed by atoms with Crippen LogP contribution in [0.2, 0.25) is 0 Å². The zero-order chi connectivity index (χ0) is 20.9. The summed E-state index contributed by atoms with van der Waals surface area (Å²) >= 11 is 0. The lowest BCUT2D eigenvalue weighted by atomic mass is 10.2. The number of aryl methyl sites for hydroxylation is 2. The molecule has 30 heavy (non-hydrogen) atoms. The van der Waals surface area contributed by atoms with Crippen molar-refractivity contribution >= 4 is 38.4 Å². The van der Waals surface area contributed by atoms with Gasteiger partial charge in [0.15, 0.2) is 11.6 Å². The fourth-order valence-electron chi connectivity index (χ4n) is 3.68. The van der Waals surface area contributed by atoms with E-state index in [0.717, 1.165) is 22.3 Å². The fraction of sp³-hybridized carbons (Fsp3) is 0.130. The van der Waals surface area contributed by atoms with E-state index in [9.17, 15) is 8.42 Å². The normalized spacial score (nSPS) is 13.7. The third-order valence-corrected chi connectivity index (χ3v) is 6.91. The number of para-hydroxylation sites is 2. The third-order valence-electron chi connectivity index (χ3n) is 5.19. The first-order chi connectivity index (χ1) is 14.4. The van der Waals surface area contributed by atoms with Crippen LogP contribution < -0.4 is 9.21 Å². The maximum atomic E-state index is 13.6. The Labute approximate surface area is 175 Å². The molecule has 0 radical (unpaired) electrons. The Kier molecular flexibility index (Phi) is 4.22. The molecule has 0 atom stereocenters. The second-order valence-electron chi connectivity index (χ2n) is 7.44. The molecule has 6 nitrogen and oxygen atoms in total. The van der Waals surface area contributed by atoms with Crippen LogP contribution in [-0.2, 0) is 10.0 Å². The number of sulfonamides is 1. The molecule has 0 saturated carbocycles. The van der Waals surface area contributed by atoms with Crippen LogP contribution in [0.3, 0.4) is 0 Å². The van der Waals surface area contributed by atoms with Crippen molar-refractivity contribution in [1.29, 1.82) is 0 Å². The topological polar surface area (TPSA) is 66.4 Å². The molecule has 0 amide bonds. The second kappa shape index (κ2) is 6.81. The maximum absolute atomic E-state index is 13.6. The highest BCUT2D eigenvalue weighted by atomic mass is 32.2. The Bertz CT molecular complexity index is 1390. The van der Waals surface area contributed by atoms with Gasteiger partial charge < -0.3 is 4.90 Å². The Morgan fingerprint density at radius 1 is 0.767 bits per heavy atom. The van der Waals surface area contributed by atoms with Crippen LogP contribution in [0.1, 0.15) is 11.1 Å². The number of rotatable bonds is 3. The van der Waals surface area contributed by atoms with Gasteiger partial charge in [0.05, 0.1) is 15.9 Å². The molecule has 0 fully saturated rings. The first-order valence-electron chi connectivity index (χ1n) is 9.64. The predicted octanol–water partition coefficient (Wildman–Crippen LogP) is 4.55. The van der Waals surface area contributed by atoms with Gasteiger partial charge in [0.25, 0.3) is 10.0 Å². The van der Waals surface area contributed by atoms with Gasteiger partial charge in [0, 0.05) is 5.69 Å². The van der Waals surface area contributed by atoms with E-state index in [1.807, 2.05) is 73.3 Å². The Hall–Kier alpha value is -3.45. The molecule has 4 aromatic rings. The fourth-order valence-corrected chi connectivity index (χ4v) is 5.14. The first-order valence-corrected chi connectivity index (χ1v) is 11.1. The molecule has 5 rings (SSSR count). The molecule has 0 unspecified atom stereocenters. The van der Waals surface area contributed by atoms with E-state index in [1.165, 1.54) is 4.31 Å². The van der Waals surface area contributed by atoms with Crippen LogP contribution in [0.15, 0.2) is 77.7 Å². The average molecular weight is 417 g/mol. The van der Waals surface area contributed by atoms with E-state index in [4.69, 9.17) is 9.97 Å². The number of anilines is 3. The van der Waals surface area contributed by atoms with E-state index in [-0.39, 0.29) is 11.6 Å². The summed E-state index contributed by atoms with van der Waals surface area (Å²) in [5, 5.41) is 0. The van der Waals surface area contributed by atoms with Gasteiger partial charge in [0.1, 0.15) is 6.67 Å². The molecular formula is C23H20N4O2S. The molecule has 0 N–H and O–H groups in total. The minimum Gasteiger partial charge on any atom is -0.304 e. The summed E-state index contributed by atoms with van der Waals surface area (Å²) < 4.78 is 28.5. The number of benzene rings is 3. The largest absolute Gasteiger partial charge is 0.304 e. The van der Waals surface area contributed by atoms with Gasteiger partial charge in [-0.1, -0.05) is 36.4 Å². The zero-order valence-corrected chi connectivity index (χ0v) is 17.5. The molecule has 0 bridgehead atoms. The molecule has 0 aliphatic carbocycles. The Morgan fingerprint density at radius 3 is 2.07 bits per heavy atom. The first kappa shape index (κ1) is 18.6. The monoisotopic (exact) mass is 416 g/mol. The lowest BCUT2D eigenvalue weighted by Crippen LogP contribution is -2.34. The standard InChI is InChI=1S/C23H20N4O2S/c1-16-7-5-9-18(13-16)26-15-27(30(28,29)19-10-6-8-17(2)14-19)23-22(26)24-20-11-3-4-12-21(20)25-23/h3-14H,15H2,1-2H3. The molecule has 1 aromatic heterocycles. The molecule has 1 aliphatic heterocycles. The van der Waals surface area contributed by atoms with Crippen LogP contribution >= 0.6 is 0 Å². The van der Waals surface area contributed by atoms with E-state index < -0.39 is 10.0 Å². The molecule has 0 saturated heterocycles. The van der Waals surface area contributed by atoms with Gasteiger partial charge in [-0.05, 0) is 61.4 Å². The molecule has 0 spiro atoms. The molecule has 1 aliphatic rings. The van der Waals surface area contributed by atoms with Crippen molar-refractivity contribution in [1.82, 2.24) is 9.97 Å². The number of hydrogen-bond acceptors (Lipinski definition) is 5. The van der Waals surface area contributed by atoms with Crippen LogP contribution in [0.25, 0.3) is 11.0 Å². The minimum absolute atomic E-state index is 0.116. The van der Waals surface area contributed by atoms with Gasteiger partial charge >= 0.3 is 0 Å². The molecule has 150 valence electrons.